The minimum Gasteiger partial charge on any atom is -0.496 e. The summed E-state index contributed by atoms with van der Waals surface area (Å²) < 4.78 is 26.6. The molecule has 0 spiro atoms. The summed E-state index contributed by atoms with van der Waals surface area (Å²) in [6, 6.07) is 2.31. The number of cyclic esters (lactones) is 1. The third-order valence-corrected chi connectivity index (χ3v) is 6.33. The number of urea groups is 1. The van der Waals surface area contributed by atoms with Crippen LogP contribution in [0, 0.1) is 6.92 Å². The van der Waals surface area contributed by atoms with Gasteiger partial charge in [0.25, 0.3) is 0 Å². The van der Waals surface area contributed by atoms with E-state index in [9.17, 15) is 14.4 Å². The van der Waals surface area contributed by atoms with Crippen molar-refractivity contribution in [2.45, 2.75) is 39.7 Å². The summed E-state index contributed by atoms with van der Waals surface area (Å²) in [5.41, 5.74) is 8.76. The van der Waals surface area contributed by atoms with Crippen molar-refractivity contribution in [1.82, 2.24) is 0 Å². The molecule has 198 valence electrons. The Balaban J connectivity index is 1.77. The average Bonchev–Trinajstić information content (AvgIpc) is 3.25. The molecule has 10 nitrogen and oxygen atoms in total. The van der Waals surface area contributed by atoms with E-state index in [0.717, 1.165) is 11.1 Å². The monoisotopic (exact) mass is 532 g/mol. The molecule has 3 rings (SSSR count). The van der Waals surface area contributed by atoms with Crippen molar-refractivity contribution >= 4 is 35.3 Å². The molecular weight excluding hydrogens is 504 g/mol. The number of rotatable bonds is 10. The van der Waals surface area contributed by atoms with Crippen LogP contribution < -0.4 is 30.0 Å². The first-order valence-electron chi connectivity index (χ1n) is 11.4. The number of primary amides is 1. The van der Waals surface area contributed by atoms with Gasteiger partial charge in [0.2, 0.25) is 0 Å². The Morgan fingerprint density at radius 1 is 1.11 bits per heavy atom. The molecule has 0 unspecified atom stereocenters. The minimum atomic E-state index is -0.814. The lowest BCUT2D eigenvalue weighted by atomic mass is 9.93. The van der Waals surface area contributed by atoms with Gasteiger partial charge >= 0.3 is 18.0 Å². The van der Waals surface area contributed by atoms with Gasteiger partial charge in [-0.05, 0) is 44.4 Å². The molecule has 0 bridgehead atoms. The Morgan fingerprint density at radius 2 is 1.78 bits per heavy atom. The molecule has 0 saturated carbocycles. The first-order chi connectivity index (χ1) is 17.6. The summed E-state index contributed by atoms with van der Waals surface area (Å²) >= 11 is 6.28. The molecule has 1 heterocycles. The number of anilines is 1. The third-order valence-electron chi connectivity index (χ3n) is 5.98. The van der Waals surface area contributed by atoms with Gasteiger partial charge in [0.1, 0.15) is 17.4 Å². The molecule has 0 saturated heterocycles. The molecule has 2 amide bonds. The Labute approximate surface area is 219 Å². The maximum atomic E-state index is 12.5. The highest BCUT2D eigenvalue weighted by atomic mass is 35.5. The van der Waals surface area contributed by atoms with Crippen LogP contribution in [-0.4, -0.2) is 39.3 Å². The molecule has 1 aliphatic heterocycles. The number of fused-ring (bicyclic) bond motifs is 1. The lowest BCUT2D eigenvalue weighted by molar-refractivity contribution is -0.134. The van der Waals surface area contributed by atoms with Gasteiger partial charge in [0, 0.05) is 17.5 Å². The molecule has 11 heteroatoms. The quantitative estimate of drug-likeness (QED) is 0.255. The van der Waals surface area contributed by atoms with Crippen molar-refractivity contribution in [2.75, 3.05) is 26.6 Å². The number of ether oxygens (including phenoxy) is 5. The summed E-state index contributed by atoms with van der Waals surface area (Å²) in [7, 11) is 4.43. The second-order valence-electron chi connectivity index (χ2n) is 8.27. The van der Waals surface area contributed by atoms with Crippen molar-refractivity contribution in [3.8, 4) is 23.0 Å². The van der Waals surface area contributed by atoms with E-state index in [1.807, 2.05) is 19.9 Å². The number of carbonyl (C=O) groups excluding carboxylic acids is 3. The SMILES string of the molecule is COc1ccc(OC(=O)CC/C(C)=C/Cc2c(NC(N)=O)c3c(c(C)c2OC)COC3=O)c(Cl)c1OC. The van der Waals surface area contributed by atoms with Crippen LogP contribution in [0.5, 0.6) is 23.0 Å². The second kappa shape index (κ2) is 11.9. The summed E-state index contributed by atoms with van der Waals surface area (Å²) in [6.45, 7) is 3.77. The van der Waals surface area contributed by atoms with E-state index >= 15 is 0 Å². The van der Waals surface area contributed by atoms with Crippen LogP contribution in [0.25, 0.3) is 0 Å². The van der Waals surface area contributed by atoms with Gasteiger partial charge in [-0.1, -0.05) is 23.3 Å². The van der Waals surface area contributed by atoms with E-state index in [-0.39, 0.29) is 40.8 Å². The predicted octanol–water partition coefficient (Wildman–Crippen LogP) is 4.71. The highest BCUT2D eigenvalue weighted by Gasteiger charge is 2.32. The molecule has 0 radical (unpaired) electrons. The molecule has 37 heavy (non-hydrogen) atoms. The van der Waals surface area contributed by atoms with Crippen LogP contribution in [0.4, 0.5) is 10.5 Å². The Hall–Kier alpha value is -3.92. The lowest BCUT2D eigenvalue weighted by Gasteiger charge is -2.19. The molecule has 2 aromatic carbocycles. The highest BCUT2D eigenvalue weighted by Crippen LogP contribution is 2.42. The minimum absolute atomic E-state index is 0.0884. The number of halogens is 1. The zero-order valence-corrected chi connectivity index (χ0v) is 22.0. The fourth-order valence-corrected chi connectivity index (χ4v) is 4.39. The van der Waals surface area contributed by atoms with Gasteiger partial charge in [-0.3, -0.25) is 4.79 Å². The summed E-state index contributed by atoms with van der Waals surface area (Å²) in [6.07, 6.45) is 2.68. The number of nitrogens with two attached hydrogens (primary N) is 1. The number of amides is 2. The summed E-state index contributed by atoms with van der Waals surface area (Å²) in [5, 5.41) is 2.69. The molecule has 1 aliphatic rings. The Kier molecular flexibility index (Phi) is 8.88. The average molecular weight is 533 g/mol. The maximum Gasteiger partial charge on any atom is 0.341 e. The van der Waals surface area contributed by atoms with E-state index in [4.69, 9.17) is 41.0 Å². The van der Waals surface area contributed by atoms with Gasteiger partial charge < -0.3 is 34.7 Å². The molecule has 2 aromatic rings. The number of allylic oxidation sites excluding steroid dienone is 2. The fraction of sp³-hybridized carbons (Fsp3) is 0.346. The van der Waals surface area contributed by atoms with Crippen LogP contribution in [0.1, 0.15) is 46.8 Å². The standard InChI is InChI=1S/C26H29ClN2O8/c1-13(7-11-19(30)37-17-9-10-18(33-3)24(35-5)21(17)27)6-8-15-22(29-26(28)32)20-16(12-36-25(20)31)14(2)23(15)34-4/h6,9-10H,7-8,11-12H2,1-5H3,(H3,28,29,32)/b13-6+. The normalized spacial score (nSPS) is 12.5. The van der Waals surface area contributed by atoms with Crippen LogP contribution in [-0.2, 0) is 22.6 Å². The van der Waals surface area contributed by atoms with E-state index in [0.29, 0.717) is 35.5 Å². The number of nitrogens with one attached hydrogen (secondary N) is 1. The van der Waals surface area contributed by atoms with Crippen molar-refractivity contribution in [3.05, 3.63) is 51.1 Å². The van der Waals surface area contributed by atoms with Gasteiger partial charge in [0.05, 0.1) is 32.6 Å². The molecule has 0 aromatic heterocycles. The largest absolute Gasteiger partial charge is 0.496 e. The smallest absolute Gasteiger partial charge is 0.341 e. The number of methoxy groups -OCH3 is 3. The van der Waals surface area contributed by atoms with E-state index in [1.54, 1.807) is 6.07 Å². The maximum absolute atomic E-state index is 12.5. The van der Waals surface area contributed by atoms with E-state index in [2.05, 4.69) is 5.32 Å². The second-order valence-corrected chi connectivity index (χ2v) is 8.65. The van der Waals surface area contributed by atoms with Gasteiger partial charge in [-0.25, -0.2) is 9.59 Å². The van der Waals surface area contributed by atoms with Crippen LogP contribution in [0.3, 0.4) is 0 Å². The lowest BCUT2D eigenvalue weighted by Crippen LogP contribution is -2.22. The van der Waals surface area contributed by atoms with Crippen molar-refractivity contribution in [2.24, 2.45) is 5.73 Å². The first kappa shape index (κ1) is 27.7. The topological polar surface area (TPSA) is 135 Å². The molecule has 0 aliphatic carbocycles. The van der Waals surface area contributed by atoms with Crippen LogP contribution in [0.15, 0.2) is 23.8 Å². The van der Waals surface area contributed by atoms with E-state index < -0.39 is 18.0 Å². The summed E-state index contributed by atoms with van der Waals surface area (Å²) in [4.78, 5) is 36.6. The number of benzene rings is 2. The van der Waals surface area contributed by atoms with E-state index in [1.165, 1.54) is 27.4 Å². The number of hydrogen-bond acceptors (Lipinski definition) is 8. The van der Waals surface area contributed by atoms with Crippen LogP contribution in [0.2, 0.25) is 5.02 Å². The van der Waals surface area contributed by atoms with Gasteiger partial charge in [-0.15, -0.1) is 0 Å². The zero-order chi connectivity index (χ0) is 27.3. The van der Waals surface area contributed by atoms with Gasteiger partial charge in [-0.2, -0.15) is 0 Å². The zero-order valence-electron chi connectivity index (χ0n) is 21.3. The van der Waals surface area contributed by atoms with Crippen LogP contribution >= 0.6 is 11.6 Å². The predicted molar refractivity (Wildman–Crippen MR) is 137 cm³/mol. The highest BCUT2D eigenvalue weighted by molar-refractivity contribution is 6.34. The molecule has 3 N–H and O–H groups in total. The Bertz CT molecular complexity index is 1270. The third kappa shape index (κ3) is 5.91. The van der Waals surface area contributed by atoms with Crippen molar-refractivity contribution in [3.63, 3.8) is 0 Å². The fourth-order valence-electron chi connectivity index (χ4n) is 4.12. The number of hydrogen-bond donors (Lipinski definition) is 2. The molecular formula is C26H29ClN2O8. The van der Waals surface area contributed by atoms with Crippen molar-refractivity contribution in [1.29, 1.82) is 0 Å². The van der Waals surface area contributed by atoms with Gasteiger partial charge in [0.15, 0.2) is 17.2 Å². The Morgan fingerprint density at radius 3 is 2.41 bits per heavy atom. The molecule has 0 fully saturated rings. The first-order valence-corrected chi connectivity index (χ1v) is 11.7. The summed E-state index contributed by atoms with van der Waals surface area (Å²) in [5.74, 6) is 0.357. The number of esters is 2. The molecule has 0 atom stereocenters. The number of carbonyl (C=O) groups is 3. The van der Waals surface area contributed by atoms with Crippen molar-refractivity contribution < 1.29 is 38.1 Å².